The van der Waals surface area contributed by atoms with Crippen LogP contribution in [0.25, 0.3) is 0 Å². The van der Waals surface area contributed by atoms with Crippen LogP contribution in [0, 0.1) is 0 Å². The first-order valence-electron chi connectivity index (χ1n) is 27.5. The van der Waals surface area contributed by atoms with Crippen LogP contribution in [0.2, 0.25) is 36.3 Å². The van der Waals surface area contributed by atoms with Gasteiger partial charge in [-0.3, -0.25) is 0 Å². The molecule has 27 nitrogen and oxygen atoms in total. The van der Waals surface area contributed by atoms with Gasteiger partial charge in [-0.05, 0) is 161 Å². The SMILES string of the molecule is C[C@H](O)C(=O)O[C@@H](C)C(=O)O[C@@H](C)C(=O)OC(C)(C)C.C[C@H](OC(=O)[C@H](C)OC(=O)[C@H](C)OC(=O)[C@H](C)O[Si](C)(C)C(C)(C)C)C(=O)O[C@@H](C)C(=O)O[C@@H](C)C(=O)OC(C)(C)C.C[C@H](OC(=O)[C@H](C)OC(=O)[C@H](C)O[Si](C)(C)C(C)(C)C)C(=O)O. The summed E-state index contributed by atoms with van der Waals surface area (Å²) >= 11 is 0. The van der Waals surface area contributed by atoms with Gasteiger partial charge >= 0.3 is 71.6 Å². The van der Waals surface area contributed by atoms with Gasteiger partial charge in [0.1, 0.15) is 29.5 Å². The second-order valence-corrected chi connectivity index (χ2v) is 34.3. The number of hydrogen-bond acceptors (Lipinski definition) is 26. The molecule has 0 heterocycles. The van der Waals surface area contributed by atoms with Crippen LogP contribution < -0.4 is 0 Å². The summed E-state index contributed by atoms with van der Waals surface area (Å²) in [5, 5.41) is 17.4. The van der Waals surface area contributed by atoms with Gasteiger partial charge in [-0.2, -0.15) is 0 Å². The molecule has 0 fully saturated rings. The van der Waals surface area contributed by atoms with Gasteiger partial charge in [0.25, 0.3) is 0 Å². The molecule has 0 unspecified atom stereocenters. The third-order valence-corrected chi connectivity index (χ3v) is 21.1. The van der Waals surface area contributed by atoms with E-state index in [1.165, 1.54) is 76.2 Å². The zero-order valence-corrected chi connectivity index (χ0v) is 57.0. The molecule has 85 heavy (non-hydrogen) atoms. The fraction of sp³-hybridized carbons (Fsp3) is 0.786. The van der Waals surface area contributed by atoms with E-state index in [9.17, 15) is 57.5 Å². The van der Waals surface area contributed by atoms with E-state index in [1.807, 2.05) is 67.7 Å². The summed E-state index contributed by atoms with van der Waals surface area (Å²) in [6.07, 6.45) is -14.9. The fourth-order valence-electron chi connectivity index (χ4n) is 4.97. The first-order chi connectivity index (χ1) is 37.9. The van der Waals surface area contributed by atoms with Crippen LogP contribution in [-0.2, 0) is 118 Å². The highest BCUT2D eigenvalue weighted by atomic mass is 28.4. The summed E-state index contributed by atoms with van der Waals surface area (Å²) < 4.78 is 66.2. The number of carbonyl (C=O) groups is 12. The highest BCUT2D eigenvalue weighted by molar-refractivity contribution is 6.74. The molecule has 0 aromatic carbocycles. The average molecular weight is 1260 g/mol. The number of aliphatic carboxylic acids is 1. The van der Waals surface area contributed by atoms with E-state index in [2.05, 4.69) is 9.47 Å². The summed E-state index contributed by atoms with van der Waals surface area (Å²) in [4.78, 5) is 142. The van der Waals surface area contributed by atoms with E-state index in [1.54, 1.807) is 48.5 Å². The van der Waals surface area contributed by atoms with Crippen LogP contribution in [0.3, 0.4) is 0 Å². The van der Waals surface area contributed by atoms with Crippen molar-refractivity contribution in [2.45, 2.75) is 287 Å². The van der Waals surface area contributed by atoms with Crippen LogP contribution >= 0.6 is 0 Å². The second-order valence-electron chi connectivity index (χ2n) is 24.8. The van der Waals surface area contributed by atoms with Crippen LogP contribution in [0.5, 0.6) is 0 Å². The minimum absolute atomic E-state index is 0.0665. The van der Waals surface area contributed by atoms with Crippen molar-refractivity contribution in [3.63, 3.8) is 0 Å². The number of esters is 11. The quantitative estimate of drug-likeness (QED) is 0.0574. The Hall–Kier alpha value is -6.05. The third kappa shape index (κ3) is 33.4. The molecular formula is C56H98O27Si2. The zero-order valence-electron chi connectivity index (χ0n) is 55.0. The molecule has 0 aromatic rings. The molecule has 492 valence electrons. The molecule has 0 saturated heterocycles. The van der Waals surface area contributed by atoms with E-state index in [-0.39, 0.29) is 10.1 Å². The van der Waals surface area contributed by atoms with Crippen LogP contribution in [0.4, 0.5) is 0 Å². The molecule has 0 radical (unpaired) electrons. The Balaban J connectivity index is -0.00000131. The Morgan fingerprint density at radius 1 is 0.282 bits per heavy atom. The molecule has 0 aromatic heterocycles. The summed E-state index contributed by atoms with van der Waals surface area (Å²) in [6, 6.07) is 0. The van der Waals surface area contributed by atoms with Gasteiger partial charge in [-0.15, -0.1) is 0 Å². The molecule has 0 aliphatic rings. The van der Waals surface area contributed by atoms with Crippen molar-refractivity contribution in [2.75, 3.05) is 0 Å². The number of aliphatic hydroxyl groups is 1. The molecule has 12 atom stereocenters. The minimum Gasteiger partial charge on any atom is -0.479 e. The van der Waals surface area contributed by atoms with Crippen LogP contribution in [0.15, 0.2) is 0 Å². The van der Waals surface area contributed by atoms with Crippen molar-refractivity contribution < 1.29 is 129 Å². The largest absolute Gasteiger partial charge is 0.479 e. The number of carboxylic acids is 1. The van der Waals surface area contributed by atoms with E-state index in [0.717, 1.165) is 0 Å². The Morgan fingerprint density at radius 3 is 0.612 bits per heavy atom. The standard InChI is InChI=1S/C28H48O13Si.C15H28O7Si.C13H22O7/c1-15(22(30)37-17(3)24(32)39-19(5)26(34)40-27(7,8)9)35-21(29)16(2)36-23(31)18(4)38-25(33)20(6)41-42(13,14)28(10,11)12;1-9(12(16)17)20-13(18)10(2)21-14(19)11(3)22-23(7,8)15(4,5)6;1-7(14)10(15)18-8(2)11(16)19-9(3)12(17)20-13(4,5)6/h15-20H,1-14H3;9-11H,1-8H3,(H,16,17);7-9,14H,1-6H3/t15-,16-,17-,18-,19-,20-;9-,10-,11-;7-,8-,9-/m000/s1. The fourth-order valence-corrected chi connectivity index (χ4v) is 7.64. The van der Waals surface area contributed by atoms with Gasteiger partial charge in [0.05, 0.1) is 0 Å². The summed E-state index contributed by atoms with van der Waals surface area (Å²) in [5.41, 5.74) is -1.48. The highest BCUT2D eigenvalue weighted by Crippen LogP contribution is 2.38. The lowest BCUT2D eigenvalue weighted by atomic mass is 10.2. The molecule has 0 saturated carbocycles. The molecule has 0 spiro atoms. The number of carboxylic acid groups (broad SMARTS) is 1. The maximum Gasteiger partial charge on any atom is 0.347 e. The predicted molar refractivity (Wildman–Crippen MR) is 306 cm³/mol. The summed E-state index contributed by atoms with van der Waals surface area (Å²) in [6.45, 7) is 45.8. The van der Waals surface area contributed by atoms with Crippen molar-refractivity contribution in [1.82, 2.24) is 0 Å². The third-order valence-electron chi connectivity index (χ3n) is 12.0. The summed E-state index contributed by atoms with van der Waals surface area (Å²) in [7, 11) is -4.42. The van der Waals surface area contributed by atoms with Gasteiger partial charge in [0.15, 0.2) is 71.6 Å². The van der Waals surface area contributed by atoms with E-state index in [0.29, 0.717) is 0 Å². The molecule has 0 amide bonds. The molecule has 2 N–H and O–H groups in total. The second kappa shape index (κ2) is 34.9. The molecule has 0 rings (SSSR count). The van der Waals surface area contributed by atoms with Crippen LogP contribution in [-0.4, -0.2) is 183 Å². The first kappa shape index (κ1) is 83.2. The van der Waals surface area contributed by atoms with Crippen LogP contribution in [0.1, 0.15) is 166 Å². The van der Waals surface area contributed by atoms with Gasteiger partial charge in [-0.1, -0.05) is 41.5 Å². The van der Waals surface area contributed by atoms with E-state index < -0.39 is 173 Å². The zero-order chi connectivity index (χ0) is 68.0. The van der Waals surface area contributed by atoms with Crippen molar-refractivity contribution in [2.24, 2.45) is 0 Å². The maximum atomic E-state index is 12.5. The number of ether oxygens (including phenoxy) is 11. The number of rotatable bonds is 25. The monoisotopic (exact) mass is 1260 g/mol. The maximum absolute atomic E-state index is 12.5. The van der Waals surface area contributed by atoms with Crippen molar-refractivity contribution in [3.8, 4) is 0 Å². The molecule has 29 heteroatoms. The first-order valence-corrected chi connectivity index (χ1v) is 33.3. The molecule has 0 aliphatic carbocycles. The number of hydrogen-bond donors (Lipinski definition) is 2. The lowest BCUT2D eigenvalue weighted by Crippen LogP contribution is -2.46. The number of aliphatic hydroxyl groups excluding tert-OH is 1. The van der Waals surface area contributed by atoms with Crippen molar-refractivity contribution >= 4 is 88.3 Å². The van der Waals surface area contributed by atoms with Crippen molar-refractivity contribution in [3.05, 3.63) is 0 Å². The van der Waals surface area contributed by atoms with Gasteiger partial charge in [0.2, 0.25) is 0 Å². The Labute approximate surface area is 502 Å². The minimum atomic E-state index is -2.27. The highest BCUT2D eigenvalue weighted by Gasteiger charge is 2.42. The topological polar surface area (TPSA) is 365 Å². The Bertz CT molecular complexity index is 2280. The lowest BCUT2D eigenvalue weighted by molar-refractivity contribution is -0.188. The smallest absolute Gasteiger partial charge is 0.347 e. The number of carbonyl (C=O) groups excluding carboxylic acids is 11. The predicted octanol–water partition coefficient (Wildman–Crippen LogP) is 6.31. The molecular weight excluding hydrogens is 1160 g/mol. The normalized spacial score (nSPS) is 16.2. The molecule has 0 bridgehead atoms. The average Bonchev–Trinajstić information content (AvgIpc) is 3.55. The van der Waals surface area contributed by atoms with E-state index in [4.69, 9.17) is 61.7 Å². The van der Waals surface area contributed by atoms with E-state index >= 15 is 0 Å². The lowest BCUT2D eigenvalue weighted by Gasteiger charge is -2.37. The molecule has 0 aliphatic heterocycles. The van der Waals surface area contributed by atoms with Gasteiger partial charge in [-0.25, -0.2) is 57.5 Å². The Morgan fingerprint density at radius 2 is 0.447 bits per heavy atom. The van der Waals surface area contributed by atoms with Gasteiger partial charge < -0.3 is 71.2 Å². The van der Waals surface area contributed by atoms with Crippen molar-refractivity contribution in [1.29, 1.82) is 0 Å². The Kier molecular flexibility index (Phi) is 34.2. The summed E-state index contributed by atoms with van der Waals surface area (Å²) in [5.74, 6) is -11.1. The van der Waals surface area contributed by atoms with Gasteiger partial charge in [0, 0.05) is 0 Å².